The van der Waals surface area contributed by atoms with Crippen LogP contribution in [0.25, 0.3) is 11.4 Å². The lowest BCUT2D eigenvalue weighted by Crippen LogP contribution is -2.24. The number of methoxy groups -OCH3 is 1. The van der Waals surface area contributed by atoms with Crippen molar-refractivity contribution in [2.24, 2.45) is 0 Å². The van der Waals surface area contributed by atoms with Crippen LogP contribution in [-0.2, 0) is 9.53 Å². The minimum absolute atomic E-state index is 0.00996. The van der Waals surface area contributed by atoms with E-state index in [2.05, 4.69) is 25.3 Å². The third-order valence-corrected chi connectivity index (χ3v) is 5.81. The first-order valence-corrected chi connectivity index (χ1v) is 12.3. The predicted octanol–water partition coefficient (Wildman–Crippen LogP) is 5.39. The van der Waals surface area contributed by atoms with Crippen LogP contribution in [0.4, 0.5) is 14.5 Å². The van der Waals surface area contributed by atoms with Gasteiger partial charge in [0.15, 0.2) is 11.6 Å². The molecule has 40 heavy (non-hydrogen) atoms. The molecule has 0 atom stereocenters. The van der Waals surface area contributed by atoms with Crippen molar-refractivity contribution in [1.29, 1.82) is 0 Å². The molecule has 2 aromatic carbocycles. The molecule has 0 radical (unpaired) electrons. The van der Waals surface area contributed by atoms with Crippen LogP contribution >= 0.6 is 0 Å². The Morgan fingerprint density at radius 3 is 2.55 bits per heavy atom. The summed E-state index contributed by atoms with van der Waals surface area (Å²) in [7, 11) is 1.30. The van der Waals surface area contributed by atoms with Crippen molar-refractivity contribution in [3.05, 3.63) is 95.3 Å². The van der Waals surface area contributed by atoms with Crippen LogP contribution in [-0.4, -0.2) is 41.4 Å². The first-order chi connectivity index (χ1) is 19.2. The molecule has 2 amide bonds. The average Bonchev–Trinajstić information content (AvgIpc) is 3.45. The van der Waals surface area contributed by atoms with Crippen molar-refractivity contribution in [3.8, 4) is 22.9 Å². The number of nitrogens with zero attached hydrogens (tertiary/aromatic N) is 1. The molecule has 206 valence electrons. The van der Waals surface area contributed by atoms with Crippen LogP contribution < -0.4 is 15.4 Å². The standard InChI is InChI=1S/C29H26F2N4O5/c1-17-5-7-21(30)23(12-17)35-29(38)18-6-8-22(31)26(14-18)40-20-9-11-32-25(15-20)24-13-19(16-34-24)28(37)33-10-3-4-27(36)39-2/h5-9,11-16,34H,3-4,10H2,1-2H3,(H,33,37)(H,35,38). The first kappa shape index (κ1) is 28.0. The number of pyridine rings is 1. The normalized spacial score (nSPS) is 10.6. The Morgan fingerprint density at radius 2 is 1.75 bits per heavy atom. The van der Waals surface area contributed by atoms with Gasteiger partial charge in [0.25, 0.3) is 11.8 Å². The highest BCUT2D eigenvalue weighted by atomic mass is 19.1. The number of anilines is 1. The fourth-order valence-corrected chi connectivity index (χ4v) is 3.71. The van der Waals surface area contributed by atoms with Gasteiger partial charge in [0.05, 0.1) is 29.7 Å². The van der Waals surface area contributed by atoms with E-state index in [9.17, 15) is 23.2 Å². The number of carbonyl (C=O) groups is 3. The molecule has 0 bridgehead atoms. The van der Waals surface area contributed by atoms with E-state index in [0.29, 0.717) is 29.9 Å². The van der Waals surface area contributed by atoms with E-state index in [4.69, 9.17) is 4.74 Å². The largest absolute Gasteiger partial charge is 0.469 e. The number of H-pyrrole nitrogens is 1. The lowest BCUT2D eigenvalue weighted by atomic mass is 10.1. The number of nitrogens with one attached hydrogen (secondary N) is 3. The van der Waals surface area contributed by atoms with Crippen LogP contribution in [0.3, 0.4) is 0 Å². The Kier molecular flexibility index (Phi) is 8.85. The third kappa shape index (κ3) is 7.07. The SMILES string of the molecule is COC(=O)CCCNC(=O)c1c[nH]c(-c2cc(Oc3cc(C(=O)Nc4cc(C)ccc4F)ccc3F)ccn2)c1. The molecule has 11 heteroatoms. The Hall–Kier alpha value is -5.06. The Bertz CT molecular complexity index is 1550. The minimum atomic E-state index is -0.706. The molecule has 0 saturated carbocycles. The molecule has 2 heterocycles. The number of amides is 2. The number of benzene rings is 2. The second-order valence-electron chi connectivity index (χ2n) is 8.80. The van der Waals surface area contributed by atoms with Gasteiger partial charge in [0.1, 0.15) is 11.6 Å². The summed E-state index contributed by atoms with van der Waals surface area (Å²) in [6, 6.07) is 12.5. The Balaban J connectivity index is 1.44. The maximum Gasteiger partial charge on any atom is 0.305 e. The van der Waals surface area contributed by atoms with E-state index in [-0.39, 0.29) is 41.0 Å². The molecule has 0 aliphatic rings. The summed E-state index contributed by atoms with van der Waals surface area (Å²) in [4.78, 5) is 43.5. The van der Waals surface area contributed by atoms with Gasteiger partial charge in [0.2, 0.25) is 0 Å². The molecular weight excluding hydrogens is 522 g/mol. The van der Waals surface area contributed by atoms with Gasteiger partial charge in [-0.2, -0.15) is 0 Å². The van der Waals surface area contributed by atoms with Gasteiger partial charge in [-0.05, 0) is 61.4 Å². The number of carbonyl (C=O) groups excluding carboxylic acids is 3. The van der Waals surface area contributed by atoms with Crippen molar-refractivity contribution < 1.29 is 32.6 Å². The van der Waals surface area contributed by atoms with E-state index in [0.717, 1.165) is 11.6 Å². The molecule has 2 aromatic heterocycles. The summed E-state index contributed by atoms with van der Waals surface area (Å²) in [5.41, 5.74) is 2.13. The van der Waals surface area contributed by atoms with Crippen LogP contribution in [0.1, 0.15) is 39.1 Å². The lowest BCUT2D eigenvalue weighted by Gasteiger charge is -2.11. The molecule has 3 N–H and O–H groups in total. The minimum Gasteiger partial charge on any atom is -0.469 e. The summed E-state index contributed by atoms with van der Waals surface area (Å²) in [5, 5.41) is 5.21. The summed E-state index contributed by atoms with van der Waals surface area (Å²) < 4.78 is 38.9. The lowest BCUT2D eigenvalue weighted by molar-refractivity contribution is -0.140. The van der Waals surface area contributed by atoms with Crippen LogP contribution in [0.2, 0.25) is 0 Å². The highest BCUT2D eigenvalue weighted by Crippen LogP contribution is 2.29. The number of aromatic amines is 1. The fraction of sp³-hybridized carbons (Fsp3) is 0.172. The molecule has 0 unspecified atom stereocenters. The average molecular weight is 549 g/mol. The van der Waals surface area contributed by atoms with Crippen molar-refractivity contribution in [2.45, 2.75) is 19.8 Å². The number of rotatable bonds is 10. The van der Waals surface area contributed by atoms with Crippen LogP contribution in [0, 0.1) is 18.6 Å². The maximum absolute atomic E-state index is 14.6. The van der Waals surface area contributed by atoms with Gasteiger partial charge in [-0.15, -0.1) is 0 Å². The molecule has 0 aliphatic carbocycles. The highest BCUT2D eigenvalue weighted by molar-refractivity contribution is 6.04. The molecular formula is C29H26F2N4O5. The number of hydrogen-bond donors (Lipinski definition) is 3. The molecule has 0 spiro atoms. The quantitative estimate of drug-likeness (QED) is 0.180. The molecule has 9 nitrogen and oxygen atoms in total. The Morgan fingerprint density at radius 1 is 0.950 bits per heavy atom. The van der Waals surface area contributed by atoms with E-state index < -0.39 is 17.5 Å². The Labute approximate surface area is 228 Å². The van der Waals surface area contributed by atoms with E-state index in [1.54, 1.807) is 19.1 Å². The topological polar surface area (TPSA) is 122 Å². The second-order valence-corrected chi connectivity index (χ2v) is 8.80. The van der Waals surface area contributed by atoms with Crippen molar-refractivity contribution >= 4 is 23.5 Å². The number of aromatic nitrogens is 2. The van der Waals surface area contributed by atoms with Gasteiger partial charge in [-0.25, -0.2) is 8.78 Å². The van der Waals surface area contributed by atoms with E-state index in [1.807, 2.05) is 0 Å². The zero-order valence-electron chi connectivity index (χ0n) is 21.7. The first-order valence-electron chi connectivity index (χ1n) is 12.3. The second kappa shape index (κ2) is 12.7. The summed E-state index contributed by atoms with van der Waals surface area (Å²) in [5.74, 6) is -2.59. The number of hydrogen-bond acceptors (Lipinski definition) is 6. The van der Waals surface area contributed by atoms with Gasteiger partial charge >= 0.3 is 5.97 Å². The highest BCUT2D eigenvalue weighted by Gasteiger charge is 2.15. The van der Waals surface area contributed by atoms with Gasteiger partial charge < -0.3 is 25.1 Å². The summed E-state index contributed by atoms with van der Waals surface area (Å²) >= 11 is 0. The molecule has 0 saturated heterocycles. The zero-order chi connectivity index (χ0) is 28.6. The molecule has 4 rings (SSSR count). The zero-order valence-corrected chi connectivity index (χ0v) is 21.7. The summed E-state index contributed by atoms with van der Waals surface area (Å²) in [6.45, 7) is 2.07. The van der Waals surface area contributed by atoms with E-state index in [1.165, 1.54) is 55.9 Å². The maximum atomic E-state index is 14.6. The molecule has 0 aliphatic heterocycles. The fourth-order valence-electron chi connectivity index (χ4n) is 3.71. The van der Waals surface area contributed by atoms with Crippen LogP contribution in [0.15, 0.2) is 67.0 Å². The van der Waals surface area contributed by atoms with E-state index >= 15 is 0 Å². The van der Waals surface area contributed by atoms with Crippen LogP contribution in [0.5, 0.6) is 11.5 Å². The number of halogens is 2. The van der Waals surface area contributed by atoms with Crippen molar-refractivity contribution in [2.75, 3.05) is 19.0 Å². The smallest absolute Gasteiger partial charge is 0.305 e. The number of ether oxygens (including phenoxy) is 2. The monoisotopic (exact) mass is 548 g/mol. The number of aryl methyl sites for hydroxylation is 1. The molecule has 0 fully saturated rings. The number of esters is 1. The molecule has 4 aromatic rings. The third-order valence-electron chi connectivity index (χ3n) is 5.81. The van der Waals surface area contributed by atoms with Crippen molar-refractivity contribution in [3.63, 3.8) is 0 Å². The predicted molar refractivity (Wildman–Crippen MR) is 143 cm³/mol. The van der Waals surface area contributed by atoms with Gasteiger partial charge in [0, 0.05) is 37.0 Å². The van der Waals surface area contributed by atoms with Crippen molar-refractivity contribution in [1.82, 2.24) is 15.3 Å². The van der Waals surface area contributed by atoms with Gasteiger partial charge in [-0.3, -0.25) is 19.4 Å². The van der Waals surface area contributed by atoms with Gasteiger partial charge in [-0.1, -0.05) is 6.07 Å². The summed E-state index contributed by atoms with van der Waals surface area (Å²) in [6.07, 6.45) is 3.61.